The molecule has 0 saturated carbocycles. The Kier molecular flexibility index (Phi) is 4.41. The maximum Gasteiger partial charge on any atom is 0.221 e. The van der Waals surface area contributed by atoms with Crippen LogP contribution in [0.25, 0.3) is 0 Å². The molecule has 2 aromatic carbocycles. The molecule has 0 aliphatic rings. The number of halogens is 1. The molecule has 96 valence electrons. The molecule has 0 atom stereocenters. The van der Waals surface area contributed by atoms with Gasteiger partial charge in [-0.05, 0) is 48.5 Å². The molecule has 0 aliphatic heterocycles. The van der Waals surface area contributed by atoms with Gasteiger partial charge in [0.15, 0.2) is 0 Å². The molecule has 2 aromatic rings. The predicted molar refractivity (Wildman–Crippen MR) is 79.1 cm³/mol. The Bertz CT molecular complexity index is 591. The monoisotopic (exact) mass is 317 g/mol. The minimum absolute atomic E-state index is 0.0933. The third kappa shape index (κ3) is 4.30. The Hall–Kier alpha value is -2.01. The van der Waals surface area contributed by atoms with E-state index in [4.69, 9.17) is 0 Å². The first-order valence-corrected chi connectivity index (χ1v) is 6.48. The number of azo groups is 1. The van der Waals surface area contributed by atoms with Crippen LogP contribution in [0.1, 0.15) is 6.92 Å². The second-order valence-electron chi connectivity index (χ2n) is 3.90. The predicted octanol–water partition coefficient (Wildman–Crippen LogP) is 4.82. The number of benzene rings is 2. The summed E-state index contributed by atoms with van der Waals surface area (Å²) in [6.07, 6.45) is 0. The first-order chi connectivity index (χ1) is 9.13. The van der Waals surface area contributed by atoms with Crippen molar-refractivity contribution in [2.24, 2.45) is 10.2 Å². The summed E-state index contributed by atoms with van der Waals surface area (Å²) in [6, 6.07) is 14.7. The summed E-state index contributed by atoms with van der Waals surface area (Å²) in [5.74, 6) is -0.0933. The molecular formula is C14H12BrN3O. The number of anilines is 1. The number of carbonyl (C=O) groups excluding carboxylic acids is 1. The third-order valence-electron chi connectivity index (χ3n) is 2.30. The van der Waals surface area contributed by atoms with Crippen LogP contribution in [0, 0.1) is 0 Å². The molecule has 0 fully saturated rings. The highest BCUT2D eigenvalue weighted by Crippen LogP contribution is 2.21. The van der Waals surface area contributed by atoms with E-state index in [1.807, 2.05) is 24.3 Å². The van der Waals surface area contributed by atoms with Gasteiger partial charge in [0.2, 0.25) is 5.91 Å². The molecule has 0 aliphatic carbocycles. The number of amides is 1. The smallest absolute Gasteiger partial charge is 0.221 e. The largest absolute Gasteiger partial charge is 0.326 e. The zero-order valence-corrected chi connectivity index (χ0v) is 11.9. The van der Waals surface area contributed by atoms with Crippen LogP contribution < -0.4 is 5.32 Å². The average Bonchev–Trinajstić information content (AvgIpc) is 2.39. The van der Waals surface area contributed by atoms with Crippen molar-refractivity contribution in [2.45, 2.75) is 6.92 Å². The second kappa shape index (κ2) is 6.24. The van der Waals surface area contributed by atoms with Crippen LogP contribution in [0.3, 0.4) is 0 Å². The molecule has 0 spiro atoms. The Labute approximate surface area is 119 Å². The van der Waals surface area contributed by atoms with Crippen LogP contribution >= 0.6 is 15.9 Å². The van der Waals surface area contributed by atoms with E-state index < -0.39 is 0 Å². The lowest BCUT2D eigenvalue weighted by molar-refractivity contribution is -0.114. The molecule has 2 rings (SSSR count). The summed E-state index contributed by atoms with van der Waals surface area (Å²) in [4.78, 5) is 10.9. The van der Waals surface area contributed by atoms with Gasteiger partial charge in [0.05, 0.1) is 11.4 Å². The molecule has 0 saturated heterocycles. The van der Waals surface area contributed by atoms with Gasteiger partial charge in [0.1, 0.15) is 0 Å². The van der Waals surface area contributed by atoms with E-state index in [2.05, 4.69) is 31.5 Å². The molecule has 1 amide bonds. The van der Waals surface area contributed by atoms with Gasteiger partial charge < -0.3 is 5.32 Å². The molecule has 0 aromatic heterocycles. The molecule has 0 bridgehead atoms. The summed E-state index contributed by atoms with van der Waals surface area (Å²) in [6.45, 7) is 1.47. The van der Waals surface area contributed by atoms with E-state index >= 15 is 0 Å². The molecule has 5 heteroatoms. The van der Waals surface area contributed by atoms with Gasteiger partial charge >= 0.3 is 0 Å². The maximum absolute atomic E-state index is 10.9. The Balaban J connectivity index is 2.06. The van der Waals surface area contributed by atoms with Crippen molar-refractivity contribution in [3.8, 4) is 0 Å². The van der Waals surface area contributed by atoms with E-state index in [1.165, 1.54) is 6.92 Å². The fraction of sp³-hybridized carbons (Fsp3) is 0.0714. The first-order valence-electron chi connectivity index (χ1n) is 5.68. The summed E-state index contributed by atoms with van der Waals surface area (Å²) in [5, 5.41) is 10.9. The van der Waals surface area contributed by atoms with Crippen molar-refractivity contribution in [1.29, 1.82) is 0 Å². The minimum Gasteiger partial charge on any atom is -0.326 e. The summed E-state index contributed by atoms with van der Waals surface area (Å²) in [5.41, 5.74) is 2.27. The summed E-state index contributed by atoms with van der Waals surface area (Å²) in [7, 11) is 0. The molecule has 19 heavy (non-hydrogen) atoms. The number of hydrogen-bond donors (Lipinski definition) is 1. The van der Waals surface area contributed by atoms with Crippen LogP contribution in [0.4, 0.5) is 17.1 Å². The van der Waals surface area contributed by atoms with Gasteiger partial charge in [0, 0.05) is 17.1 Å². The van der Waals surface area contributed by atoms with Crippen molar-refractivity contribution in [2.75, 3.05) is 5.32 Å². The standard InChI is InChI=1S/C14H12BrN3O/c1-10(19)16-12-6-8-14(9-7-12)18-17-13-4-2-11(15)3-5-13/h2-9H,1H3,(H,16,19). The highest BCUT2D eigenvalue weighted by molar-refractivity contribution is 9.10. The van der Waals surface area contributed by atoms with E-state index in [0.717, 1.165) is 21.5 Å². The number of nitrogens with zero attached hydrogens (tertiary/aromatic N) is 2. The lowest BCUT2D eigenvalue weighted by Crippen LogP contribution is -2.04. The van der Waals surface area contributed by atoms with Crippen LogP contribution in [0.15, 0.2) is 63.2 Å². The van der Waals surface area contributed by atoms with Crippen LogP contribution in [-0.4, -0.2) is 5.91 Å². The van der Waals surface area contributed by atoms with E-state index in [9.17, 15) is 4.79 Å². The average molecular weight is 318 g/mol. The van der Waals surface area contributed by atoms with E-state index in [1.54, 1.807) is 24.3 Å². The Morgan fingerprint density at radius 3 is 1.89 bits per heavy atom. The highest BCUT2D eigenvalue weighted by atomic mass is 79.9. The Morgan fingerprint density at radius 1 is 0.947 bits per heavy atom. The quantitative estimate of drug-likeness (QED) is 0.810. The fourth-order valence-electron chi connectivity index (χ4n) is 1.44. The number of carbonyl (C=O) groups is 1. The van der Waals surface area contributed by atoms with Gasteiger partial charge in [-0.1, -0.05) is 15.9 Å². The van der Waals surface area contributed by atoms with Gasteiger partial charge in [-0.3, -0.25) is 4.79 Å². The highest BCUT2D eigenvalue weighted by Gasteiger charge is 1.95. The lowest BCUT2D eigenvalue weighted by atomic mass is 10.3. The van der Waals surface area contributed by atoms with Crippen molar-refractivity contribution in [3.05, 3.63) is 53.0 Å². The van der Waals surface area contributed by atoms with Gasteiger partial charge in [-0.15, -0.1) is 0 Å². The maximum atomic E-state index is 10.9. The normalized spacial score (nSPS) is 10.6. The molecule has 0 unspecified atom stereocenters. The van der Waals surface area contributed by atoms with Crippen LogP contribution in [0.5, 0.6) is 0 Å². The van der Waals surface area contributed by atoms with Crippen molar-refractivity contribution in [3.63, 3.8) is 0 Å². The van der Waals surface area contributed by atoms with Crippen LogP contribution in [-0.2, 0) is 4.79 Å². The van der Waals surface area contributed by atoms with E-state index in [0.29, 0.717) is 0 Å². The molecular weight excluding hydrogens is 306 g/mol. The molecule has 1 N–H and O–H groups in total. The SMILES string of the molecule is CC(=O)Nc1ccc(N=Nc2ccc(Br)cc2)cc1. The van der Waals surface area contributed by atoms with Gasteiger partial charge in [-0.25, -0.2) is 0 Å². The topological polar surface area (TPSA) is 53.8 Å². The van der Waals surface area contributed by atoms with Gasteiger partial charge in [0.25, 0.3) is 0 Å². The summed E-state index contributed by atoms with van der Waals surface area (Å²) >= 11 is 3.36. The zero-order chi connectivity index (χ0) is 13.7. The zero-order valence-electron chi connectivity index (χ0n) is 10.3. The molecule has 4 nitrogen and oxygen atoms in total. The van der Waals surface area contributed by atoms with Crippen molar-refractivity contribution < 1.29 is 4.79 Å². The van der Waals surface area contributed by atoms with Gasteiger partial charge in [-0.2, -0.15) is 10.2 Å². The Morgan fingerprint density at radius 2 is 1.42 bits per heavy atom. The molecule has 0 heterocycles. The van der Waals surface area contributed by atoms with Crippen molar-refractivity contribution in [1.82, 2.24) is 0 Å². The first kappa shape index (κ1) is 13.4. The molecule has 0 radical (unpaired) electrons. The number of nitrogens with one attached hydrogen (secondary N) is 1. The lowest BCUT2D eigenvalue weighted by Gasteiger charge is -2.01. The summed E-state index contributed by atoms with van der Waals surface area (Å²) < 4.78 is 1.01. The number of hydrogen-bond acceptors (Lipinski definition) is 3. The number of rotatable bonds is 3. The minimum atomic E-state index is -0.0933. The van der Waals surface area contributed by atoms with E-state index in [-0.39, 0.29) is 5.91 Å². The second-order valence-corrected chi connectivity index (χ2v) is 4.82. The van der Waals surface area contributed by atoms with Crippen LogP contribution in [0.2, 0.25) is 0 Å². The fourth-order valence-corrected chi connectivity index (χ4v) is 1.70. The van der Waals surface area contributed by atoms with Crippen molar-refractivity contribution >= 4 is 38.9 Å². The third-order valence-corrected chi connectivity index (χ3v) is 2.82.